The van der Waals surface area contributed by atoms with E-state index in [0.717, 1.165) is 56.3 Å². The molecule has 0 radical (unpaired) electrons. The largest absolute Gasteiger partial charge is 0.478 e. The van der Waals surface area contributed by atoms with Crippen LogP contribution in [0.2, 0.25) is 0 Å². The van der Waals surface area contributed by atoms with Crippen LogP contribution >= 0.6 is 0 Å². The van der Waals surface area contributed by atoms with Gasteiger partial charge in [-0.2, -0.15) is 0 Å². The van der Waals surface area contributed by atoms with E-state index in [1.165, 1.54) is 75.5 Å². The molecule has 48 heavy (non-hydrogen) atoms. The van der Waals surface area contributed by atoms with Gasteiger partial charge >= 0.3 is 5.97 Å². The van der Waals surface area contributed by atoms with E-state index in [1.807, 2.05) is 13.0 Å². The first-order valence-corrected chi connectivity index (χ1v) is 19.0. The number of rotatable bonds is 6. The van der Waals surface area contributed by atoms with Crippen molar-refractivity contribution < 1.29 is 19.1 Å². The highest BCUT2D eigenvalue weighted by atomic mass is 19.1. The fourth-order valence-corrected chi connectivity index (χ4v) is 13.2. The van der Waals surface area contributed by atoms with Crippen LogP contribution < -0.4 is 5.32 Å². The van der Waals surface area contributed by atoms with Gasteiger partial charge in [-0.05, 0) is 140 Å². The van der Waals surface area contributed by atoms with Gasteiger partial charge in [-0.1, -0.05) is 59.3 Å². The summed E-state index contributed by atoms with van der Waals surface area (Å²) in [4.78, 5) is 25.8. The zero-order valence-electron chi connectivity index (χ0n) is 30.6. The van der Waals surface area contributed by atoms with E-state index in [9.17, 15) is 19.1 Å². The molecular formula is C42H61FN2O3. The van der Waals surface area contributed by atoms with Crippen LogP contribution in [0, 0.1) is 51.1 Å². The van der Waals surface area contributed by atoms with E-state index in [-0.39, 0.29) is 27.3 Å². The molecule has 5 aliphatic carbocycles. The van der Waals surface area contributed by atoms with Crippen molar-refractivity contribution >= 4 is 17.4 Å². The Morgan fingerprint density at radius 2 is 1.75 bits per heavy atom. The van der Waals surface area contributed by atoms with Crippen molar-refractivity contribution in [2.75, 3.05) is 19.6 Å². The summed E-state index contributed by atoms with van der Waals surface area (Å²) in [5.74, 6) is 1.09. The Morgan fingerprint density at radius 1 is 1.00 bits per heavy atom. The molecule has 1 saturated heterocycles. The molecule has 1 amide bonds. The van der Waals surface area contributed by atoms with Crippen LogP contribution in [0.3, 0.4) is 0 Å². The lowest BCUT2D eigenvalue weighted by Crippen LogP contribution is -2.67. The molecule has 6 aliphatic rings. The summed E-state index contributed by atoms with van der Waals surface area (Å²) in [5, 5.41) is 13.5. The number of carboxylic acids is 1. The fourth-order valence-electron chi connectivity index (χ4n) is 13.2. The number of benzene rings is 1. The molecule has 6 heteroatoms. The summed E-state index contributed by atoms with van der Waals surface area (Å²) in [6, 6.07) is 4.70. The number of nitrogens with zero attached hydrogens (tertiary/aromatic N) is 1. The second-order valence-corrected chi connectivity index (χ2v) is 17.7. The Kier molecular flexibility index (Phi) is 9.35. The molecular weight excluding hydrogens is 599 g/mol. The molecule has 5 nitrogen and oxygen atoms in total. The topological polar surface area (TPSA) is 69.6 Å². The SMILES string of the molecule is C=CC.CC1(C)C(c2ccc(C(=O)O)c(F)c2)=CCC2(C)C1CCC1(C)C2CCC2C3CCCC3(NCCN3CCCC3=O)CC[C@]21C. The number of likely N-dealkylation sites (tertiary alicyclic amines) is 1. The van der Waals surface area contributed by atoms with Crippen molar-refractivity contribution in [3.8, 4) is 0 Å². The minimum Gasteiger partial charge on any atom is -0.478 e. The Balaban J connectivity index is 0.00000129. The van der Waals surface area contributed by atoms with E-state index in [2.05, 4.69) is 57.5 Å². The van der Waals surface area contributed by atoms with E-state index in [1.54, 1.807) is 6.08 Å². The number of fused-ring (bicyclic) bond motifs is 7. The first-order valence-electron chi connectivity index (χ1n) is 19.0. The second kappa shape index (κ2) is 12.7. The van der Waals surface area contributed by atoms with Crippen LogP contribution in [0.15, 0.2) is 36.9 Å². The summed E-state index contributed by atoms with van der Waals surface area (Å²) < 4.78 is 14.8. The van der Waals surface area contributed by atoms with Crippen LogP contribution in [-0.4, -0.2) is 47.1 Å². The summed E-state index contributed by atoms with van der Waals surface area (Å²) in [7, 11) is 0. The first-order chi connectivity index (χ1) is 22.7. The Bertz CT molecular complexity index is 1470. The molecule has 0 aromatic heterocycles. The normalized spacial score (nSPS) is 39.6. The molecule has 5 fully saturated rings. The van der Waals surface area contributed by atoms with Crippen LogP contribution in [0.25, 0.3) is 5.57 Å². The van der Waals surface area contributed by atoms with Gasteiger partial charge in [-0.3, -0.25) is 4.79 Å². The molecule has 1 aliphatic heterocycles. The summed E-state index contributed by atoms with van der Waals surface area (Å²) >= 11 is 0. The lowest BCUT2D eigenvalue weighted by Gasteiger charge is -2.72. The van der Waals surface area contributed by atoms with Crippen molar-refractivity contribution in [2.45, 2.75) is 124 Å². The number of halogens is 1. The monoisotopic (exact) mass is 660 g/mol. The van der Waals surface area contributed by atoms with Crippen LogP contribution in [-0.2, 0) is 4.79 Å². The smallest absolute Gasteiger partial charge is 0.338 e. The van der Waals surface area contributed by atoms with E-state index < -0.39 is 11.8 Å². The maximum absolute atomic E-state index is 14.8. The third kappa shape index (κ3) is 5.33. The van der Waals surface area contributed by atoms with Crippen molar-refractivity contribution in [1.29, 1.82) is 0 Å². The molecule has 1 aromatic carbocycles. The molecule has 1 heterocycles. The molecule has 2 N–H and O–H groups in total. The predicted octanol–water partition coefficient (Wildman–Crippen LogP) is 9.53. The van der Waals surface area contributed by atoms with Gasteiger partial charge in [0.1, 0.15) is 5.82 Å². The molecule has 8 atom stereocenters. The van der Waals surface area contributed by atoms with E-state index >= 15 is 0 Å². The number of hydrogen-bond donors (Lipinski definition) is 2. The molecule has 7 unspecified atom stereocenters. The van der Waals surface area contributed by atoms with Gasteiger partial charge in [-0.25, -0.2) is 9.18 Å². The average Bonchev–Trinajstić information content (AvgIpc) is 3.63. The quantitative estimate of drug-likeness (QED) is 0.298. The highest BCUT2D eigenvalue weighted by Crippen LogP contribution is 2.76. The second-order valence-electron chi connectivity index (χ2n) is 17.7. The standard InChI is InChI=1S/C39H55FN2O3.C3H6/c1-35(2)27(25-10-11-26(34(44)45)30(40)24-25)14-17-36(3)31(35)15-18-38(5)32(36)13-12-28-29-8-6-16-39(29,20-19-37(28,38)4)41-21-23-42-22-7-9-33(42)43;1-3-2/h10-11,14,24,28-29,31-32,41H,6-9,12-13,15-23H2,1-5H3,(H,44,45);3H,1H2,2H3/t28?,29?,31?,32?,36?,37-,38?,39?;/m1./s1. The number of carbonyl (C=O) groups excluding carboxylic acids is 1. The number of allylic oxidation sites excluding steroid dienone is 3. The number of amides is 1. The number of aromatic carboxylic acids is 1. The van der Waals surface area contributed by atoms with Crippen molar-refractivity contribution in [1.82, 2.24) is 10.2 Å². The maximum Gasteiger partial charge on any atom is 0.338 e. The summed E-state index contributed by atoms with van der Waals surface area (Å²) in [6.45, 7) is 20.6. The van der Waals surface area contributed by atoms with Crippen molar-refractivity contribution in [2.24, 2.45) is 45.3 Å². The Labute approximate surface area is 289 Å². The van der Waals surface area contributed by atoms with Crippen molar-refractivity contribution in [3.63, 3.8) is 0 Å². The van der Waals surface area contributed by atoms with Crippen LogP contribution in [0.4, 0.5) is 4.39 Å². The average molecular weight is 661 g/mol. The van der Waals surface area contributed by atoms with Gasteiger partial charge in [0.05, 0.1) is 5.56 Å². The number of carbonyl (C=O) groups is 2. The predicted molar refractivity (Wildman–Crippen MR) is 192 cm³/mol. The lowest BCUT2D eigenvalue weighted by atomic mass is 9.33. The van der Waals surface area contributed by atoms with Gasteiger partial charge in [0.25, 0.3) is 0 Å². The summed E-state index contributed by atoms with van der Waals surface area (Å²) in [6.07, 6.45) is 18.4. The minimum absolute atomic E-state index is 0.128. The molecule has 4 saturated carbocycles. The number of hydrogen-bond acceptors (Lipinski definition) is 3. The molecule has 7 rings (SSSR count). The molecule has 1 aromatic rings. The molecule has 264 valence electrons. The van der Waals surface area contributed by atoms with Gasteiger partial charge in [0.2, 0.25) is 5.91 Å². The van der Waals surface area contributed by atoms with E-state index in [4.69, 9.17) is 0 Å². The first kappa shape index (κ1) is 35.4. The Morgan fingerprint density at radius 3 is 2.42 bits per heavy atom. The minimum atomic E-state index is -1.22. The highest BCUT2D eigenvalue weighted by Gasteiger charge is 2.69. The van der Waals surface area contributed by atoms with Gasteiger partial charge < -0.3 is 15.3 Å². The third-order valence-electron chi connectivity index (χ3n) is 15.5. The number of nitrogens with one attached hydrogen (secondary N) is 1. The van der Waals surface area contributed by atoms with Crippen LogP contribution in [0.1, 0.15) is 135 Å². The van der Waals surface area contributed by atoms with Gasteiger partial charge in [0.15, 0.2) is 0 Å². The lowest BCUT2D eigenvalue weighted by molar-refractivity contribution is -0.217. The molecule has 0 bridgehead atoms. The van der Waals surface area contributed by atoms with Gasteiger partial charge in [-0.15, -0.1) is 6.58 Å². The number of carboxylic acid groups (broad SMARTS) is 1. The zero-order chi connectivity index (χ0) is 34.7. The molecule has 0 spiro atoms. The third-order valence-corrected chi connectivity index (χ3v) is 15.5. The summed E-state index contributed by atoms with van der Waals surface area (Å²) in [5.41, 5.74) is 2.65. The zero-order valence-corrected chi connectivity index (χ0v) is 30.6. The fraction of sp³-hybridized carbons (Fsp3) is 0.714. The van der Waals surface area contributed by atoms with Crippen LogP contribution in [0.5, 0.6) is 0 Å². The van der Waals surface area contributed by atoms with Crippen molar-refractivity contribution in [3.05, 3.63) is 53.9 Å². The Hall–Kier alpha value is -2.47. The highest BCUT2D eigenvalue weighted by molar-refractivity contribution is 5.88. The maximum atomic E-state index is 14.8. The van der Waals surface area contributed by atoms with E-state index in [0.29, 0.717) is 23.2 Å². The van der Waals surface area contributed by atoms with Gasteiger partial charge in [0, 0.05) is 31.6 Å².